The van der Waals surface area contributed by atoms with Gasteiger partial charge in [-0.3, -0.25) is 9.59 Å². The Bertz CT molecular complexity index is 795. The molecule has 0 aromatic carbocycles. The Hall–Kier alpha value is -1.19. The van der Waals surface area contributed by atoms with Crippen molar-refractivity contribution in [2.75, 3.05) is 40.4 Å². The zero-order chi connectivity index (χ0) is 35.7. The molecule has 0 saturated carbocycles. The van der Waals surface area contributed by atoms with Crippen molar-refractivity contribution in [3.05, 3.63) is 0 Å². The fraction of sp³-hybridized carbons (Fsp3) is 0.947. The highest BCUT2D eigenvalue weighted by Crippen LogP contribution is 2.14. The van der Waals surface area contributed by atoms with E-state index in [4.69, 9.17) is 9.47 Å². The van der Waals surface area contributed by atoms with E-state index in [0.29, 0.717) is 12.8 Å². The number of rotatable bonds is 32. The Balaban J connectivity index is 0. The summed E-state index contributed by atoms with van der Waals surface area (Å²) in [5.41, 5.74) is 0. The maximum atomic E-state index is 11.8. The summed E-state index contributed by atoms with van der Waals surface area (Å²) in [6, 6.07) is 0. The molecule has 0 amide bonds. The highest BCUT2D eigenvalue weighted by Gasteiger charge is 2.30. The number of carbonyl (C=O) groups is 2. The minimum absolute atomic E-state index is 0.0386. The van der Waals surface area contributed by atoms with Crippen LogP contribution in [0.15, 0.2) is 0 Å². The van der Waals surface area contributed by atoms with E-state index in [0.717, 1.165) is 38.5 Å². The van der Waals surface area contributed by atoms with Crippen LogP contribution in [0.5, 0.6) is 0 Å². The first-order valence-corrected chi connectivity index (χ1v) is 21.0. The summed E-state index contributed by atoms with van der Waals surface area (Å²) < 4.78 is 44.5. The number of quaternary nitrogens is 1. The molecule has 0 aromatic heterocycles. The predicted molar refractivity (Wildman–Crippen MR) is 195 cm³/mol. The molecule has 0 saturated heterocycles. The van der Waals surface area contributed by atoms with Gasteiger partial charge in [0.15, 0.2) is 5.25 Å². The van der Waals surface area contributed by atoms with Gasteiger partial charge in [0.2, 0.25) is 0 Å². The first kappa shape index (κ1) is 47.9. The van der Waals surface area contributed by atoms with Gasteiger partial charge >= 0.3 is 11.9 Å². The molecular formula is C38H77NO7S. The summed E-state index contributed by atoms with van der Waals surface area (Å²) in [6.45, 7) is 11.6. The Kier molecular flexibility index (Phi) is 34.0. The van der Waals surface area contributed by atoms with Gasteiger partial charge in [-0.25, -0.2) is 8.42 Å². The highest BCUT2D eigenvalue weighted by atomic mass is 32.2. The van der Waals surface area contributed by atoms with Gasteiger partial charge in [-0.1, -0.05) is 143 Å². The third-order valence-electron chi connectivity index (χ3n) is 8.70. The normalized spacial score (nSPS) is 12.3. The minimum atomic E-state index is -4.97. The largest absolute Gasteiger partial charge is 0.747 e. The van der Waals surface area contributed by atoms with Crippen LogP contribution in [-0.2, 0) is 29.2 Å². The third-order valence-corrected chi connectivity index (χ3v) is 9.76. The molecule has 282 valence electrons. The lowest BCUT2D eigenvalue weighted by molar-refractivity contribution is -0.890. The van der Waals surface area contributed by atoms with Crippen LogP contribution in [0.1, 0.15) is 188 Å². The Labute approximate surface area is 291 Å². The van der Waals surface area contributed by atoms with Crippen molar-refractivity contribution >= 4 is 22.1 Å². The number of nitrogens with zero attached hydrogens (tertiary/aromatic N) is 1. The van der Waals surface area contributed by atoms with Gasteiger partial charge in [0.05, 0.1) is 46.8 Å². The third kappa shape index (κ3) is 34.5. The van der Waals surface area contributed by atoms with Gasteiger partial charge in [0.25, 0.3) is 0 Å². The van der Waals surface area contributed by atoms with Crippen LogP contribution < -0.4 is 0 Å². The monoisotopic (exact) mass is 692 g/mol. The molecule has 9 heteroatoms. The molecule has 0 radical (unpaired) electrons. The molecule has 0 aliphatic rings. The maximum absolute atomic E-state index is 11.8. The van der Waals surface area contributed by atoms with Crippen LogP contribution in [0.3, 0.4) is 0 Å². The average molecular weight is 692 g/mol. The molecule has 0 aliphatic carbocycles. The van der Waals surface area contributed by atoms with Crippen LogP contribution in [0.2, 0.25) is 0 Å². The molecule has 0 aromatic rings. The molecule has 0 spiro atoms. The summed E-state index contributed by atoms with van der Waals surface area (Å²) in [7, 11) is -0.105. The van der Waals surface area contributed by atoms with E-state index in [2.05, 4.69) is 27.9 Å². The van der Waals surface area contributed by atoms with Crippen molar-refractivity contribution in [3.8, 4) is 0 Å². The lowest BCUT2D eigenvalue weighted by Crippen LogP contribution is -2.41. The van der Waals surface area contributed by atoms with E-state index in [-0.39, 0.29) is 13.2 Å². The first-order chi connectivity index (χ1) is 22.4. The maximum Gasteiger partial charge on any atom is 0.323 e. The van der Waals surface area contributed by atoms with Gasteiger partial charge in [-0.05, 0) is 38.5 Å². The van der Waals surface area contributed by atoms with Gasteiger partial charge in [0, 0.05) is 0 Å². The Morgan fingerprint density at radius 1 is 0.532 bits per heavy atom. The molecule has 0 fully saturated rings. The standard InChI is InChI=1S/C22H48N.C16H30O7S/c1-5-7-9-11-13-15-17-19-21-23(3,4)22-20-18-16-14-12-10-8-6-2;1-3-5-7-9-11-22-15(17)13-14(24(19,20)21)16(18)23-12-10-8-6-4-2/h5-22H2,1-4H3;14H,3-13H2,1-2H3,(H,19,20,21)/q+1;/p-1. The second-order valence-electron chi connectivity index (χ2n) is 14.0. The number of unbranched alkanes of at least 4 members (excludes halogenated alkanes) is 20. The molecule has 8 nitrogen and oxygen atoms in total. The molecule has 1 atom stereocenters. The summed E-state index contributed by atoms with van der Waals surface area (Å²) in [5, 5.41) is -2.04. The van der Waals surface area contributed by atoms with Crippen molar-refractivity contribution in [1.82, 2.24) is 0 Å². The quantitative estimate of drug-likeness (QED) is 0.0299. The van der Waals surface area contributed by atoms with Crippen LogP contribution in [0.25, 0.3) is 0 Å². The molecule has 0 bridgehead atoms. The number of esters is 2. The topological polar surface area (TPSA) is 110 Å². The lowest BCUT2D eigenvalue weighted by Gasteiger charge is -2.30. The van der Waals surface area contributed by atoms with Crippen LogP contribution in [0, 0.1) is 0 Å². The van der Waals surface area contributed by atoms with Gasteiger partial charge in [0.1, 0.15) is 10.1 Å². The number of hydrogen-bond acceptors (Lipinski definition) is 7. The van der Waals surface area contributed by atoms with Crippen LogP contribution in [-0.4, -0.2) is 75.0 Å². The average Bonchev–Trinajstić information content (AvgIpc) is 3.02. The molecule has 1 unspecified atom stereocenters. The fourth-order valence-corrected chi connectivity index (χ4v) is 6.13. The van der Waals surface area contributed by atoms with Crippen molar-refractivity contribution in [2.45, 2.75) is 193 Å². The van der Waals surface area contributed by atoms with E-state index < -0.39 is 33.7 Å². The lowest BCUT2D eigenvalue weighted by atomic mass is 10.1. The van der Waals surface area contributed by atoms with E-state index in [1.807, 2.05) is 13.8 Å². The predicted octanol–water partition coefficient (Wildman–Crippen LogP) is 9.88. The van der Waals surface area contributed by atoms with Crippen LogP contribution >= 0.6 is 0 Å². The van der Waals surface area contributed by atoms with Crippen molar-refractivity contribution < 1.29 is 36.5 Å². The number of hydrogen-bond donors (Lipinski definition) is 0. The molecule has 0 N–H and O–H groups in total. The van der Waals surface area contributed by atoms with E-state index in [1.54, 1.807) is 0 Å². The Morgan fingerprint density at radius 3 is 1.21 bits per heavy atom. The van der Waals surface area contributed by atoms with Crippen molar-refractivity contribution in [2.24, 2.45) is 0 Å². The van der Waals surface area contributed by atoms with E-state index in [9.17, 15) is 22.6 Å². The van der Waals surface area contributed by atoms with Gasteiger partial charge < -0.3 is 18.5 Å². The van der Waals surface area contributed by atoms with Gasteiger partial charge in [-0.2, -0.15) is 0 Å². The first-order valence-electron chi connectivity index (χ1n) is 19.5. The second-order valence-corrected chi connectivity index (χ2v) is 15.6. The summed E-state index contributed by atoms with van der Waals surface area (Å²) >= 11 is 0. The summed E-state index contributed by atoms with van der Waals surface area (Å²) in [6.07, 6.45) is 29.3. The molecular weight excluding hydrogens is 614 g/mol. The molecule has 0 rings (SSSR count). The van der Waals surface area contributed by atoms with E-state index >= 15 is 0 Å². The minimum Gasteiger partial charge on any atom is -0.747 e. The smallest absolute Gasteiger partial charge is 0.323 e. The fourth-order valence-electron chi connectivity index (χ4n) is 5.48. The Morgan fingerprint density at radius 2 is 0.851 bits per heavy atom. The van der Waals surface area contributed by atoms with Gasteiger partial charge in [-0.15, -0.1) is 0 Å². The molecule has 47 heavy (non-hydrogen) atoms. The molecule has 0 heterocycles. The van der Waals surface area contributed by atoms with E-state index in [1.165, 1.54) is 120 Å². The van der Waals surface area contributed by atoms with Crippen LogP contribution in [0.4, 0.5) is 0 Å². The number of carbonyl (C=O) groups excluding carboxylic acids is 2. The molecule has 0 aliphatic heterocycles. The zero-order valence-corrected chi connectivity index (χ0v) is 32.6. The summed E-state index contributed by atoms with van der Waals surface area (Å²) in [4.78, 5) is 23.4. The number of ether oxygens (including phenoxy) is 2. The summed E-state index contributed by atoms with van der Waals surface area (Å²) in [5.74, 6) is -2.05. The second kappa shape index (κ2) is 33.3. The van der Waals surface area contributed by atoms with Crippen molar-refractivity contribution in [1.29, 1.82) is 0 Å². The SMILES string of the molecule is CCCCCCCCCC[N+](C)(C)CCCCCCCCCC.CCCCCCOC(=O)CC(C(=O)OCCCCCC)S(=O)(=O)[O-]. The van der Waals surface area contributed by atoms with Crippen molar-refractivity contribution in [3.63, 3.8) is 0 Å². The zero-order valence-electron chi connectivity index (χ0n) is 31.8. The highest BCUT2D eigenvalue weighted by molar-refractivity contribution is 7.87.